The summed E-state index contributed by atoms with van der Waals surface area (Å²) in [5.74, 6) is 0. The Morgan fingerprint density at radius 1 is 0.455 bits per heavy atom. The van der Waals surface area contributed by atoms with E-state index in [0.717, 1.165) is 0 Å². The third-order valence-corrected chi connectivity index (χ3v) is 23.5. The Balaban J connectivity index is 1.57. The Labute approximate surface area is 265 Å². The second-order valence-corrected chi connectivity index (χ2v) is 24.9. The van der Waals surface area contributed by atoms with E-state index in [-0.39, 0.29) is 0 Å². The SMILES string of the molecule is CC1=C2c3c(ccc4ccccc34)[CH]1[Ti]([CH3])([CH3])[CH]1C(C)=C(c3c1ccc1ccccc31)[Si]2(c1ccccc1)c1ccccc1. The molecule has 0 aromatic heterocycles. The fraction of sp³-hybridized carbons (Fsp3) is 0.143. The van der Waals surface area contributed by atoms with Crippen LogP contribution in [-0.4, -0.2) is 8.07 Å². The van der Waals surface area contributed by atoms with Crippen LogP contribution in [0.5, 0.6) is 0 Å². The zero-order valence-electron chi connectivity index (χ0n) is 25.9. The van der Waals surface area contributed by atoms with E-state index in [0.29, 0.717) is 8.45 Å². The van der Waals surface area contributed by atoms with Gasteiger partial charge in [-0.05, 0) is 0 Å². The van der Waals surface area contributed by atoms with Crippen LogP contribution < -0.4 is 10.4 Å². The molecule has 0 saturated heterocycles. The molecular weight excluding hydrogens is 580 g/mol. The topological polar surface area (TPSA) is 0 Å². The molecule has 44 heavy (non-hydrogen) atoms. The van der Waals surface area contributed by atoms with Crippen molar-refractivity contribution in [3.05, 3.63) is 167 Å². The molecule has 212 valence electrons. The van der Waals surface area contributed by atoms with Gasteiger partial charge in [0.2, 0.25) is 0 Å². The molecule has 1 aliphatic heterocycles. The third kappa shape index (κ3) is 3.23. The molecule has 0 spiro atoms. The van der Waals surface area contributed by atoms with E-state index >= 15 is 0 Å². The van der Waals surface area contributed by atoms with Gasteiger partial charge in [-0.3, -0.25) is 0 Å². The van der Waals surface area contributed by atoms with Crippen LogP contribution >= 0.6 is 0 Å². The van der Waals surface area contributed by atoms with Gasteiger partial charge in [0.15, 0.2) is 0 Å². The Morgan fingerprint density at radius 3 is 1.27 bits per heavy atom. The molecule has 6 aromatic carbocycles. The fourth-order valence-electron chi connectivity index (χ4n) is 10.1. The molecule has 0 amide bonds. The molecule has 2 heteroatoms. The first-order valence-corrected chi connectivity index (χ1v) is 23.0. The van der Waals surface area contributed by atoms with Crippen LogP contribution in [0, 0.1) is 0 Å². The summed E-state index contributed by atoms with van der Waals surface area (Å²) in [6.45, 7) is 5.08. The molecule has 0 radical (unpaired) electrons. The van der Waals surface area contributed by atoms with E-state index in [1.54, 1.807) is 43.8 Å². The van der Waals surface area contributed by atoms with Crippen LogP contribution in [0.2, 0.25) is 10.5 Å². The predicted molar refractivity (Wildman–Crippen MR) is 188 cm³/mol. The molecule has 1 heterocycles. The summed E-state index contributed by atoms with van der Waals surface area (Å²) in [6, 6.07) is 51.6. The van der Waals surface area contributed by atoms with Gasteiger partial charge in [-0.1, -0.05) is 0 Å². The van der Waals surface area contributed by atoms with Crippen molar-refractivity contribution in [1.82, 2.24) is 0 Å². The number of rotatable bonds is 2. The summed E-state index contributed by atoms with van der Waals surface area (Å²) >= 11 is -2.71. The zero-order chi connectivity index (χ0) is 29.8. The number of allylic oxidation sites excluding steroid dienone is 2. The summed E-state index contributed by atoms with van der Waals surface area (Å²) in [5.41, 5.74) is 9.64. The number of benzene rings is 6. The third-order valence-electron chi connectivity index (χ3n) is 11.4. The summed E-state index contributed by atoms with van der Waals surface area (Å²) in [4.78, 5) is 0. The molecule has 6 aromatic rings. The van der Waals surface area contributed by atoms with E-state index in [1.165, 1.54) is 31.9 Å². The van der Waals surface area contributed by atoms with Crippen molar-refractivity contribution in [3.63, 3.8) is 0 Å². The van der Waals surface area contributed by atoms with Gasteiger partial charge in [0.05, 0.1) is 0 Å². The average Bonchev–Trinajstić information content (AvgIpc) is 3.55. The number of hydrogen-bond donors (Lipinski definition) is 0. The van der Waals surface area contributed by atoms with E-state index in [1.807, 2.05) is 0 Å². The van der Waals surface area contributed by atoms with E-state index in [9.17, 15) is 0 Å². The Bertz CT molecular complexity index is 2060. The summed E-state index contributed by atoms with van der Waals surface area (Å²) in [7, 11) is -2.83. The van der Waals surface area contributed by atoms with E-state index in [2.05, 4.69) is 158 Å². The number of fused-ring (bicyclic) bond motifs is 12. The first-order valence-electron chi connectivity index (χ1n) is 16.0. The van der Waals surface area contributed by atoms with Gasteiger partial charge in [-0.2, -0.15) is 0 Å². The second-order valence-electron chi connectivity index (χ2n) is 13.8. The summed E-state index contributed by atoms with van der Waals surface area (Å²) < 4.78 is 1.03. The van der Waals surface area contributed by atoms with Crippen molar-refractivity contribution in [2.45, 2.75) is 32.7 Å². The van der Waals surface area contributed by atoms with Gasteiger partial charge < -0.3 is 0 Å². The maximum absolute atomic E-state index is 2.83. The van der Waals surface area contributed by atoms with Gasteiger partial charge in [-0.15, -0.1) is 0 Å². The maximum atomic E-state index is 2.74. The van der Waals surface area contributed by atoms with Crippen molar-refractivity contribution in [2.24, 2.45) is 0 Å². The van der Waals surface area contributed by atoms with Crippen molar-refractivity contribution >= 4 is 50.4 Å². The van der Waals surface area contributed by atoms with Crippen LogP contribution in [0.25, 0.3) is 31.9 Å². The van der Waals surface area contributed by atoms with Crippen molar-refractivity contribution in [3.8, 4) is 0 Å². The average molecular weight is 617 g/mol. The zero-order valence-corrected chi connectivity index (χ0v) is 28.4. The minimum absolute atomic E-state index is 0.517. The van der Waals surface area contributed by atoms with Gasteiger partial charge in [0.25, 0.3) is 0 Å². The second kappa shape index (κ2) is 9.38. The van der Waals surface area contributed by atoms with Gasteiger partial charge in [-0.25, -0.2) is 0 Å². The predicted octanol–water partition coefficient (Wildman–Crippen LogP) is 9.95. The molecule has 0 N–H and O–H groups in total. The normalized spacial score (nSPS) is 20.9. The molecule has 0 saturated carbocycles. The molecule has 0 nitrogen and oxygen atoms in total. The van der Waals surface area contributed by atoms with Crippen molar-refractivity contribution < 1.29 is 16.6 Å². The fourth-order valence-corrected chi connectivity index (χ4v) is 24.1. The quantitative estimate of drug-likeness (QED) is 0.170. The van der Waals surface area contributed by atoms with Gasteiger partial charge >= 0.3 is 267 Å². The summed E-state index contributed by atoms with van der Waals surface area (Å²) in [6.07, 6.45) is 0. The molecule has 2 atom stereocenters. The molecule has 2 aliphatic carbocycles. The first kappa shape index (κ1) is 26.6. The first-order chi connectivity index (χ1) is 21.5. The number of hydrogen-bond acceptors (Lipinski definition) is 0. The van der Waals surface area contributed by atoms with Crippen LogP contribution in [0.1, 0.15) is 44.5 Å². The molecule has 9 rings (SSSR count). The molecule has 2 unspecified atom stereocenters. The minimum atomic E-state index is -2.83. The molecule has 3 aliphatic rings. The van der Waals surface area contributed by atoms with Crippen LogP contribution in [0.3, 0.4) is 0 Å². The Hall–Kier alpha value is -3.75. The van der Waals surface area contributed by atoms with Gasteiger partial charge in [0.1, 0.15) is 0 Å². The van der Waals surface area contributed by atoms with Crippen LogP contribution in [0.15, 0.2) is 145 Å². The van der Waals surface area contributed by atoms with Crippen LogP contribution in [0.4, 0.5) is 0 Å². The van der Waals surface area contributed by atoms with Crippen LogP contribution in [-0.2, 0) is 16.6 Å². The van der Waals surface area contributed by atoms with E-state index in [4.69, 9.17) is 0 Å². The summed E-state index contributed by atoms with van der Waals surface area (Å²) in [5, 5.41) is 17.4. The Morgan fingerprint density at radius 2 is 0.841 bits per heavy atom. The van der Waals surface area contributed by atoms with E-state index < -0.39 is 24.7 Å². The van der Waals surface area contributed by atoms with Gasteiger partial charge in [0, 0.05) is 0 Å². The Kier molecular flexibility index (Phi) is 5.68. The molecule has 0 fully saturated rings. The molecular formula is C42H36SiTi. The standard InChI is InChI=1S/C40H30Si.2CH3.Ti/c1-27-25-31-23-21-29-13-9-11-19-35(29)37(31)39(27)41(33-15-5-3-6-16-33,34-17-7-4-8-18-34)40-28(2)26-32-24-22-30-14-10-12-20-36(30)38(32)40;;;/h3-26H,1-2H3;2*1H3;. The molecule has 4 bridgehead atoms. The van der Waals surface area contributed by atoms with Crippen molar-refractivity contribution in [2.75, 3.05) is 0 Å². The van der Waals surface area contributed by atoms with Crippen molar-refractivity contribution in [1.29, 1.82) is 0 Å². The monoisotopic (exact) mass is 616 g/mol.